The first-order chi connectivity index (χ1) is 28.1. The first kappa shape index (κ1) is 39.0. The van der Waals surface area contributed by atoms with E-state index in [0.29, 0.717) is 22.4 Å². The lowest BCUT2D eigenvalue weighted by Crippen LogP contribution is -2.53. The Bertz CT molecular complexity index is 2490. The monoisotopic (exact) mass is 820 g/mol. The van der Waals surface area contributed by atoms with Crippen molar-refractivity contribution in [2.75, 3.05) is 36.4 Å². The largest absolute Gasteiger partial charge is 0.503 e. The molecular formula is C42H37ClN6O10. The van der Waals surface area contributed by atoms with E-state index in [1.165, 1.54) is 38.2 Å². The Kier molecular flexibility index (Phi) is 9.42. The summed E-state index contributed by atoms with van der Waals surface area (Å²) in [6.45, 7) is 1.90. The Morgan fingerprint density at radius 2 is 1.54 bits per heavy atom. The molecule has 4 aromatic rings. The van der Waals surface area contributed by atoms with Crippen molar-refractivity contribution in [2.24, 2.45) is 23.7 Å². The summed E-state index contributed by atoms with van der Waals surface area (Å²) in [6.07, 6.45) is 1.73. The Morgan fingerprint density at radius 3 is 2.14 bits per heavy atom. The number of nitro groups is 2. The van der Waals surface area contributed by atoms with Gasteiger partial charge in [-0.15, -0.1) is 0 Å². The molecule has 8 rings (SSSR count). The first-order valence-electron chi connectivity index (χ1n) is 18.7. The Balaban J connectivity index is 1.32. The molecule has 0 aromatic heterocycles. The summed E-state index contributed by atoms with van der Waals surface area (Å²) in [5, 5.41) is 36.3. The summed E-state index contributed by atoms with van der Waals surface area (Å²) >= 11 is 6.63. The molecule has 1 saturated carbocycles. The van der Waals surface area contributed by atoms with Crippen molar-refractivity contribution in [2.45, 2.75) is 31.1 Å². The van der Waals surface area contributed by atoms with E-state index >= 15 is 4.79 Å². The molecule has 2 saturated heterocycles. The summed E-state index contributed by atoms with van der Waals surface area (Å²) in [5.41, 5.74) is 2.28. The maximum absolute atomic E-state index is 15.4. The highest BCUT2D eigenvalue weighted by atomic mass is 35.5. The van der Waals surface area contributed by atoms with Gasteiger partial charge in [-0.1, -0.05) is 71.3 Å². The minimum absolute atomic E-state index is 0.00000417. The van der Waals surface area contributed by atoms with E-state index in [1.807, 2.05) is 19.1 Å². The van der Waals surface area contributed by atoms with Crippen molar-refractivity contribution >= 4 is 63.7 Å². The quantitative estimate of drug-likeness (QED) is 0.0811. The minimum atomic E-state index is -1.65. The summed E-state index contributed by atoms with van der Waals surface area (Å²) in [7, 11) is 4.15. The molecule has 4 amide bonds. The van der Waals surface area contributed by atoms with Gasteiger partial charge in [0.05, 0.1) is 56.5 Å². The maximum Gasteiger partial charge on any atom is 0.301 e. The second kappa shape index (κ2) is 14.2. The molecule has 59 heavy (non-hydrogen) atoms. The van der Waals surface area contributed by atoms with Gasteiger partial charge in [0.25, 0.3) is 11.8 Å². The van der Waals surface area contributed by atoms with E-state index in [2.05, 4.69) is 5.43 Å². The number of carbonyl (C=O) groups excluding carboxylic acids is 4. The summed E-state index contributed by atoms with van der Waals surface area (Å²) in [4.78, 5) is 84.4. The lowest BCUT2D eigenvalue weighted by Gasteiger charge is -2.50. The summed E-state index contributed by atoms with van der Waals surface area (Å²) in [6, 6.07) is 20.9. The van der Waals surface area contributed by atoms with Crippen LogP contribution in [0.25, 0.3) is 0 Å². The van der Waals surface area contributed by atoms with Gasteiger partial charge in [-0.25, -0.2) is 4.90 Å². The summed E-state index contributed by atoms with van der Waals surface area (Å²) < 4.78 is 5.51. The fourth-order valence-electron chi connectivity index (χ4n) is 9.75. The molecule has 4 aliphatic rings. The van der Waals surface area contributed by atoms with Gasteiger partial charge in [0, 0.05) is 32.1 Å². The SMILES string of the molecule is COc1cc([C@H]2C3=CC[C@@H]4C(=O)N(c5cc([N+](=O)[O-])c(N(C)C)c([N+](=O)[O-])c5)C(=O)[C@@H]4[C@@H]3C[C@H]3C(=O)N(Nc4ccc(C)cc4)C(=O)[C@@]23c2ccccc2)cc(Cl)c1O. The van der Waals surface area contributed by atoms with Crippen molar-refractivity contribution in [1.29, 1.82) is 0 Å². The number of rotatable bonds is 9. The number of hydrogen-bond acceptors (Lipinski definition) is 12. The number of aromatic hydroxyl groups is 1. The van der Waals surface area contributed by atoms with E-state index in [0.717, 1.165) is 27.6 Å². The molecule has 302 valence electrons. The van der Waals surface area contributed by atoms with Gasteiger partial charge in [-0.2, -0.15) is 5.01 Å². The van der Waals surface area contributed by atoms with Crippen LogP contribution in [0.4, 0.5) is 28.4 Å². The third-order valence-corrected chi connectivity index (χ3v) is 12.4. The summed E-state index contributed by atoms with van der Waals surface area (Å²) in [5.74, 6) is -8.08. The average Bonchev–Trinajstić information content (AvgIpc) is 3.59. The van der Waals surface area contributed by atoms with E-state index in [-0.39, 0.29) is 40.7 Å². The van der Waals surface area contributed by atoms with E-state index in [4.69, 9.17) is 16.3 Å². The minimum Gasteiger partial charge on any atom is -0.503 e. The Morgan fingerprint density at radius 1 is 0.898 bits per heavy atom. The van der Waals surface area contributed by atoms with E-state index in [1.54, 1.807) is 48.5 Å². The number of benzene rings is 4. The van der Waals surface area contributed by atoms with Gasteiger partial charge in [-0.05, 0) is 61.1 Å². The van der Waals surface area contributed by atoms with Crippen molar-refractivity contribution in [3.8, 4) is 11.5 Å². The molecule has 16 nitrogen and oxygen atoms in total. The number of fused-ring (bicyclic) bond motifs is 4. The number of allylic oxidation sites excluding steroid dienone is 2. The second-order valence-electron chi connectivity index (χ2n) is 15.4. The standard InChI is InChI=1S/C42H37ClN6O10/c1-21-10-12-24(13-11-21)44-47-39(52)29-20-28-26(35(22-16-30(43)37(50)33(17-22)59-4)42(29,41(47)54)23-8-6-5-7-9-23)14-15-27-34(28)40(53)46(38(27)51)25-18-31(48(55)56)36(45(2)3)32(19-25)49(57)58/h5-14,16-19,27-29,34-35,44,50H,15,20H2,1-4H3/t27-,28+,29-,34-,35-,42+/m0/s1. The molecule has 2 aliphatic heterocycles. The molecule has 2 aliphatic carbocycles. The van der Waals surface area contributed by atoms with Crippen LogP contribution in [0.1, 0.15) is 35.4 Å². The number of imide groups is 2. The Labute approximate surface area is 341 Å². The number of halogens is 1. The molecule has 17 heteroatoms. The van der Waals surface area contributed by atoms with Gasteiger partial charge in [0.15, 0.2) is 17.2 Å². The van der Waals surface area contributed by atoms with Crippen molar-refractivity contribution in [3.05, 3.63) is 132 Å². The van der Waals surface area contributed by atoms with Crippen LogP contribution in [0.2, 0.25) is 5.02 Å². The molecule has 0 bridgehead atoms. The number of aryl methyl sites for hydroxylation is 1. The molecule has 2 heterocycles. The molecule has 3 fully saturated rings. The van der Waals surface area contributed by atoms with Crippen molar-refractivity contribution in [3.63, 3.8) is 0 Å². The van der Waals surface area contributed by atoms with Crippen LogP contribution in [-0.2, 0) is 24.6 Å². The number of hydrazine groups is 1. The molecular weight excluding hydrogens is 784 g/mol. The zero-order valence-corrected chi connectivity index (χ0v) is 32.9. The number of phenolic OH excluding ortho intramolecular Hbond substituents is 1. The normalized spacial score (nSPS) is 24.6. The number of amides is 4. The highest BCUT2D eigenvalue weighted by molar-refractivity contribution is 6.32. The van der Waals surface area contributed by atoms with Gasteiger partial charge >= 0.3 is 11.4 Å². The van der Waals surface area contributed by atoms with Gasteiger partial charge in [0.1, 0.15) is 0 Å². The fourth-order valence-corrected chi connectivity index (χ4v) is 9.97. The van der Waals surface area contributed by atoms with Crippen LogP contribution in [0.15, 0.2) is 90.5 Å². The van der Waals surface area contributed by atoms with Crippen LogP contribution in [0.5, 0.6) is 11.5 Å². The average molecular weight is 821 g/mol. The number of nitrogens with zero attached hydrogens (tertiary/aromatic N) is 5. The van der Waals surface area contributed by atoms with Gasteiger partial charge in [-0.3, -0.25) is 44.8 Å². The van der Waals surface area contributed by atoms with E-state index in [9.17, 15) is 39.7 Å². The highest BCUT2D eigenvalue weighted by Gasteiger charge is 2.70. The molecule has 0 spiro atoms. The zero-order valence-electron chi connectivity index (χ0n) is 32.1. The smallest absolute Gasteiger partial charge is 0.301 e. The third kappa shape index (κ3) is 5.80. The number of carbonyl (C=O) groups is 4. The lowest BCUT2D eigenvalue weighted by molar-refractivity contribution is -0.392. The van der Waals surface area contributed by atoms with Crippen LogP contribution in [-0.4, -0.2) is 64.8 Å². The fraction of sp³-hybridized carbons (Fsp3) is 0.286. The van der Waals surface area contributed by atoms with Gasteiger partial charge in [0.2, 0.25) is 11.8 Å². The van der Waals surface area contributed by atoms with Crippen LogP contribution < -0.4 is 20.0 Å². The number of methoxy groups -OCH3 is 1. The topological polar surface area (TPSA) is 206 Å². The number of hydrogen-bond donors (Lipinski definition) is 2. The third-order valence-electron chi connectivity index (χ3n) is 12.2. The number of nitro benzene ring substituents is 2. The first-order valence-corrected chi connectivity index (χ1v) is 19.0. The predicted octanol–water partition coefficient (Wildman–Crippen LogP) is 6.43. The molecule has 0 radical (unpaired) electrons. The van der Waals surface area contributed by atoms with Crippen LogP contribution in [0, 0.1) is 50.8 Å². The zero-order chi connectivity index (χ0) is 42.2. The molecule has 4 aromatic carbocycles. The van der Waals surface area contributed by atoms with Crippen molar-refractivity contribution < 1.29 is 38.9 Å². The van der Waals surface area contributed by atoms with Crippen molar-refractivity contribution in [1.82, 2.24) is 5.01 Å². The number of anilines is 3. The predicted molar refractivity (Wildman–Crippen MR) is 215 cm³/mol. The number of phenols is 1. The second-order valence-corrected chi connectivity index (χ2v) is 15.8. The van der Waals surface area contributed by atoms with Crippen LogP contribution in [0.3, 0.4) is 0 Å². The van der Waals surface area contributed by atoms with E-state index < -0.39 is 79.9 Å². The highest BCUT2D eigenvalue weighted by Crippen LogP contribution is 2.65. The Hall–Kier alpha value is -6.81. The maximum atomic E-state index is 15.4. The number of ether oxygens (including phenoxy) is 1. The van der Waals surface area contributed by atoms with Gasteiger partial charge < -0.3 is 14.7 Å². The number of nitrogens with one attached hydrogen (secondary N) is 1. The molecule has 6 atom stereocenters. The molecule has 0 unspecified atom stereocenters. The lowest BCUT2D eigenvalue weighted by atomic mass is 9.49. The molecule has 2 N–H and O–H groups in total. The van der Waals surface area contributed by atoms with Crippen LogP contribution >= 0.6 is 11.6 Å².